The third kappa shape index (κ3) is 1.32. The van der Waals surface area contributed by atoms with Crippen molar-refractivity contribution >= 4 is 44.0 Å². The maximum absolute atomic E-state index is 11.5. The van der Waals surface area contributed by atoms with Crippen molar-refractivity contribution in [3.05, 3.63) is 0 Å². The summed E-state index contributed by atoms with van der Waals surface area (Å²) in [5.41, 5.74) is 0. The summed E-state index contributed by atoms with van der Waals surface area (Å²) < 4.78 is 0. The Bertz CT molecular complexity index is 355. The van der Waals surface area contributed by atoms with E-state index < -0.39 is 0 Å². The molecule has 0 bridgehead atoms. The summed E-state index contributed by atoms with van der Waals surface area (Å²) >= 11 is 1.52. The Morgan fingerprint density at radius 1 is 0.625 bits per heavy atom. The molecule has 0 aromatic rings. The van der Waals surface area contributed by atoms with Crippen LogP contribution in [0.2, 0.25) is 0 Å². The first-order valence-corrected chi connectivity index (χ1v) is 6.72. The molecule has 3 fully saturated rings. The first-order valence-electron chi connectivity index (χ1n) is 5.09. The fraction of sp³-hybridized carbons (Fsp3) is 0.600. The van der Waals surface area contributed by atoms with Gasteiger partial charge in [-0.15, -0.1) is 0 Å². The summed E-state index contributed by atoms with van der Waals surface area (Å²) in [7, 11) is 0. The zero-order valence-electron chi connectivity index (χ0n) is 8.17. The van der Waals surface area contributed by atoms with E-state index in [1.165, 1.54) is 0 Å². The second-order valence-corrected chi connectivity index (χ2v) is 6.40. The number of hydrogen-bond donors (Lipinski definition) is 0. The largest absolute Gasteiger partial charge is 0.286 e. The molecular formula is C10H8O4S2. The Morgan fingerprint density at radius 2 is 0.875 bits per heavy atom. The van der Waals surface area contributed by atoms with E-state index in [4.69, 9.17) is 0 Å². The van der Waals surface area contributed by atoms with Gasteiger partial charge >= 0.3 is 0 Å². The van der Waals surface area contributed by atoms with Crippen LogP contribution in [0.25, 0.3) is 0 Å². The highest BCUT2D eigenvalue weighted by Gasteiger charge is 2.55. The number of hydrogen-bond acceptors (Lipinski definition) is 6. The second kappa shape index (κ2) is 3.43. The van der Waals surface area contributed by atoms with Gasteiger partial charge in [-0.1, -0.05) is 0 Å². The molecule has 0 N–H and O–H groups in total. The molecule has 2 aliphatic heterocycles. The van der Waals surface area contributed by atoms with E-state index in [-0.39, 0.29) is 44.1 Å². The highest BCUT2D eigenvalue weighted by atomic mass is 32.2. The van der Waals surface area contributed by atoms with Crippen LogP contribution in [-0.4, -0.2) is 20.5 Å². The van der Waals surface area contributed by atoms with Crippen molar-refractivity contribution in [3.8, 4) is 0 Å². The van der Waals surface area contributed by atoms with Crippen LogP contribution in [0.5, 0.6) is 0 Å². The zero-order chi connectivity index (χ0) is 11.4. The third-order valence-electron chi connectivity index (χ3n) is 3.60. The molecule has 0 amide bonds. The van der Waals surface area contributed by atoms with Crippen molar-refractivity contribution in [2.75, 3.05) is 0 Å². The molecule has 16 heavy (non-hydrogen) atoms. The van der Waals surface area contributed by atoms with Crippen LogP contribution in [0, 0.1) is 23.7 Å². The molecular weight excluding hydrogens is 248 g/mol. The smallest absolute Gasteiger partial charge is 0.200 e. The molecule has 6 heteroatoms. The molecule has 4 nitrogen and oxygen atoms in total. The summed E-state index contributed by atoms with van der Waals surface area (Å²) in [5, 5.41) is -0.479. The van der Waals surface area contributed by atoms with Gasteiger partial charge in [0.1, 0.15) is 0 Å². The molecule has 0 aromatic carbocycles. The Labute approximate surface area is 99.9 Å². The molecule has 0 spiro atoms. The van der Waals surface area contributed by atoms with Crippen molar-refractivity contribution in [2.24, 2.45) is 23.7 Å². The van der Waals surface area contributed by atoms with Gasteiger partial charge in [0, 0.05) is 23.7 Å². The minimum absolute atomic E-state index is 0.120. The number of rotatable bonds is 0. The molecule has 1 saturated carbocycles. The van der Waals surface area contributed by atoms with E-state index >= 15 is 0 Å². The van der Waals surface area contributed by atoms with Crippen molar-refractivity contribution in [3.63, 3.8) is 0 Å². The lowest BCUT2D eigenvalue weighted by Crippen LogP contribution is -2.35. The molecule has 1 aliphatic carbocycles. The van der Waals surface area contributed by atoms with Crippen LogP contribution in [0.3, 0.4) is 0 Å². The van der Waals surface area contributed by atoms with Crippen LogP contribution < -0.4 is 0 Å². The molecule has 0 aromatic heterocycles. The third-order valence-corrected chi connectivity index (χ3v) is 5.62. The average molecular weight is 256 g/mol. The monoisotopic (exact) mass is 256 g/mol. The van der Waals surface area contributed by atoms with Gasteiger partial charge in [0.2, 0.25) is 0 Å². The van der Waals surface area contributed by atoms with Crippen molar-refractivity contribution < 1.29 is 19.2 Å². The van der Waals surface area contributed by atoms with Crippen molar-refractivity contribution in [1.29, 1.82) is 0 Å². The highest BCUT2D eigenvalue weighted by Crippen LogP contribution is 2.52. The first-order chi connectivity index (χ1) is 7.58. The SMILES string of the molecule is O=C1SC(=O)C2CC3C(=O)SC(=O)C3CC12. The van der Waals surface area contributed by atoms with Gasteiger partial charge in [0.25, 0.3) is 0 Å². The first kappa shape index (κ1) is 10.5. The Balaban J connectivity index is 1.92. The van der Waals surface area contributed by atoms with E-state index in [9.17, 15) is 19.2 Å². The van der Waals surface area contributed by atoms with Gasteiger partial charge < -0.3 is 0 Å². The molecule has 3 rings (SSSR count). The second-order valence-electron chi connectivity index (χ2n) is 4.38. The summed E-state index contributed by atoms with van der Waals surface area (Å²) in [6, 6.07) is 0. The van der Waals surface area contributed by atoms with Gasteiger partial charge in [-0.05, 0) is 36.4 Å². The number of carbonyl (C=O) groups is 4. The normalized spacial score (nSPS) is 42.5. The van der Waals surface area contributed by atoms with E-state index in [2.05, 4.69) is 0 Å². The minimum atomic E-state index is -0.325. The number of carbonyl (C=O) groups excluding carboxylic acids is 4. The Hall–Kier alpha value is -0.620. The van der Waals surface area contributed by atoms with Gasteiger partial charge in [0.05, 0.1) is 0 Å². The lowest BCUT2D eigenvalue weighted by molar-refractivity contribution is -0.129. The molecule has 2 heterocycles. The molecule has 0 radical (unpaired) electrons. The van der Waals surface area contributed by atoms with Gasteiger partial charge in [-0.25, -0.2) is 0 Å². The summed E-state index contributed by atoms with van der Waals surface area (Å²) in [4.78, 5) is 46.1. The predicted octanol–water partition coefficient (Wildman–Crippen LogP) is 0.845. The van der Waals surface area contributed by atoms with Gasteiger partial charge in [-0.3, -0.25) is 19.2 Å². The van der Waals surface area contributed by atoms with Crippen molar-refractivity contribution in [1.82, 2.24) is 0 Å². The molecule has 84 valence electrons. The van der Waals surface area contributed by atoms with Crippen LogP contribution >= 0.6 is 23.5 Å². The predicted molar refractivity (Wildman–Crippen MR) is 58.4 cm³/mol. The fourth-order valence-electron chi connectivity index (χ4n) is 2.75. The quantitative estimate of drug-likeness (QED) is 0.640. The summed E-state index contributed by atoms with van der Waals surface area (Å²) in [6.07, 6.45) is 0.787. The topological polar surface area (TPSA) is 68.3 Å². The molecule has 4 atom stereocenters. The molecule has 2 saturated heterocycles. The van der Waals surface area contributed by atoms with Crippen LogP contribution in [-0.2, 0) is 19.2 Å². The number of fused-ring (bicyclic) bond motifs is 2. The lowest BCUT2D eigenvalue weighted by Gasteiger charge is -2.29. The molecule has 4 unspecified atom stereocenters. The fourth-order valence-corrected chi connectivity index (χ4v) is 4.79. The van der Waals surface area contributed by atoms with Crippen LogP contribution in [0.4, 0.5) is 0 Å². The van der Waals surface area contributed by atoms with E-state index in [0.29, 0.717) is 12.8 Å². The maximum atomic E-state index is 11.5. The van der Waals surface area contributed by atoms with Crippen molar-refractivity contribution in [2.45, 2.75) is 12.8 Å². The Morgan fingerprint density at radius 3 is 1.12 bits per heavy atom. The standard InChI is InChI=1S/C10H8O4S2/c11-7-3-1-4-6(10(14)16-8(4)12)2-5(3)9(13)15-7/h3-6H,1-2H2. The Kier molecular flexibility index (Phi) is 2.26. The summed E-state index contributed by atoms with van der Waals surface area (Å²) in [5.74, 6) is -1.30. The lowest BCUT2D eigenvalue weighted by atomic mass is 9.70. The molecule has 3 aliphatic rings. The van der Waals surface area contributed by atoms with E-state index in [0.717, 1.165) is 23.5 Å². The number of thioether (sulfide) groups is 2. The maximum Gasteiger partial charge on any atom is 0.200 e. The summed E-state index contributed by atoms with van der Waals surface area (Å²) in [6.45, 7) is 0. The van der Waals surface area contributed by atoms with Gasteiger partial charge in [0.15, 0.2) is 20.5 Å². The zero-order valence-corrected chi connectivity index (χ0v) is 9.81. The van der Waals surface area contributed by atoms with Crippen LogP contribution in [0.1, 0.15) is 12.8 Å². The van der Waals surface area contributed by atoms with Crippen LogP contribution in [0.15, 0.2) is 0 Å². The van der Waals surface area contributed by atoms with Gasteiger partial charge in [-0.2, -0.15) is 0 Å². The average Bonchev–Trinajstić information content (AvgIpc) is 2.67. The minimum Gasteiger partial charge on any atom is -0.286 e. The van der Waals surface area contributed by atoms with E-state index in [1.807, 2.05) is 0 Å². The van der Waals surface area contributed by atoms with E-state index in [1.54, 1.807) is 0 Å². The highest BCUT2D eigenvalue weighted by molar-refractivity contribution is 8.27.